The van der Waals surface area contributed by atoms with Gasteiger partial charge in [0.1, 0.15) is 0 Å². The van der Waals surface area contributed by atoms with Gasteiger partial charge < -0.3 is 11.1 Å². The second-order valence-corrected chi connectivity index (χ2v) is 5.43. The lowest BCUT2D eigenvalue weighted by atomic mass is 10.1. The largest absolute Gasteiger partial charge is 0.398 e. The molecule has 2 rings (SSSR count). The fraction of sp³-hybridized carbons (Fsp3) is 0.0714. The number of hydrogen-bond donors (Lipinski definition) is 2. The third-order valence-corrected chi connectivity index (χ3v) is 3.46. The highest BCUT2D eigenvalue weighted by molar-refractivity contribution is 9.10. The summed E-state index contributed by atoms with van der Waals surface area (Å²) in [4.78, 5) is 11.5. The maximum atomic E-state index is 11.5. The summed E-state index contributed by atoms with van der Waals surface area (Å²) in [5.74, 6) is -0.0681. The number of nitrogens with one attached hydrogen (secondary N) is 1. The summed E-state index contributed by atoms with van der Waals surface area (Å²) >= 11 is 9.49. The van der Waals surface area contributed by atoms with Crippen molar-refractivity contribution in [2.24, 2.45) is 0 Å². The highest BCUT2D eigenvalue weighted by Gasteiger charge is 2.07. The van der Waals surface area contributed by atoms with Crippen LogP contribution in [0.5, 0.6) is 0 Å². The summed E-state index contributed by atoms with van der Waals surface area (Å²) in [5.41, 5.74) is 8.25. The Morgan fingerprint density at radius 3 is 2.68 bits per heavy atom. The van der Waals surface area contributed by atoms with Gasteiger partial charge in [0.25, 0.3) is 0 Å². The lowest BCUT2D eigenvalue weighted by Gasteiger charge is -2.11. The van der Waals surface area contributed by atoms with Crippen LogP contribution in [0, 0.1) is 0 Å². The molecule has 0 fully saturated rings. The summed E-state index contributed by atoms with van der Waals surface area (Å²) < 4.78 is 0.918. The zero-order valence-electron chi connectivity index (χ0n) is 10.2. The molecule has 0 amide bonds. The molecule has 0 atom stereocenters. The molecule has 2 aromatic carbocycles. The first-order chi connectivity index (χ1) is 8.97. The van der Waals surface area contributed by atoms with Gasteiger partial charge in [-0.25, -0.2) is 0 Å². The van der Waals surface area contributed by atoms with Crippen molar-refractivity contribution in [2.45, 2.75) is 6.92 Å². The minimum atomic E-state index is -0.0681. The van der Waals surface area contributed by atoms with Gasteiger partial charge in [0.2, 0.25) is 0 Å². The number of carbonyl (C=O) groups is 1. The first-order valence-electron chi connectivity index (χ1n) is 5.60. The molecule has 98 valence electrons. The zero-order chi connectivity index (χ0) is 14.0. The average molecular weight is 340 g/mol. The molecule has 3 nitrogen and oxygen atoms in total. The summed E-state index contributed by atoms with van der Waals surface area (Å²) in [6, 6.07) is 10.7. The fourth-order valence-electron chi connectivity index (χ4n) is 1.69. The minimum absolute atomic E-state index is 0.0681. The molecule has 3 N–H and O–H groups in total. The normalized spacial score (nSPS) is 10.3. The van der Waals surface area contributed by atoms with Crippen molar-refractivity contribution in [1.82, 2.24) is 0 Å². The number of nitrogen functional groups attached to an aromatic ring is 1. The monoisotopic (exact) mass is 338 g/mol. The molecular formula is C14H12BrClN2O. The maximum absolute atomic E-state index is 11.5. The number of rotatable bonds is 3. The van der Waals surface area contributed by atoms with Gasteiger partial charge in [0.05, 0.1) is 10.7 Å². The highest BCUT2D eigenvalue weighted by Crippen LogP contribution is 2.29. The number of benzene rings is 2. The first kappa shape index (κ1) is 13.9. The molecular weight excluding hydrogens is 328 g/mol. The van der Waals surface area contributed by atoms with Gasteiger partial charge >= 0.3 is 0 Å². The van der Waals surface area contributed by atoms with Crippen LogP contribution in [0.15, 0.2) is 40.9 Å². The van der Waals surface area contributed by atoms with E-state index in [2.05, 4.69) is 21.2 Å². The van der Waals surface area contributed by atoms with Gasteiger partial charge in [-0.15, -0.1) is 0 Å². The first-order valence-corrected chi connectivity index (χ1v) is 6.77. The van der Waals surface area contributed by atoms with E-state index in [4.69, 9.17) is 17.3 Å². The Balaban J connectivity index is 2.36. The third kappa shape index (κ3) is 3.28. The maximum Gasteiger partial charge on any atom is 0.161 e. The van der Waals surface area contributed by atoms with Crippen molar-refractivity contribution in [1.29, 1.82) is 0 Å². The van der Waals surface area contributed by atoms with Crippen LogP contribution >= 0.6 is 27.5 Å². The van der Waals surface area contributed by atoms with E-state index < -0.39 is 0 Å². The lowest BCUT2D eigenvalue weighted by molar-refractivity contribution is 0.101. The molecule has 0 heterocycles. The van der Waals surface area contributed by atoms with Gasteiger partial charge in [-0.2, -0.15) is 0 Å². The second kappa shape index (κ2) is 5.63. The predicted molar refractivity (Wildman–Crippen MR) is 83.3 cm³/mol. The number of ketones is 1. The van der Waals surface area contributed by atoms with Gasteiger partial charge in [0, 0.05) is 21.4 Å². The van der Waals surface area contributed by atoms with Crippen molar-refractivity contribution in [3.05, 3.63) is 51.5 Å². The van der Waals surface area contributed by atoms with E-state index in [1.165, 1.54) is 6.92 Å². The van der Waals surface area contributed by atoms with E-state index in [0.29, 0.717) is 16.3 Å². The molecule has 0 saturated carbocycles. The van der Waals surface area contributed by atoms with E-state index in [1.54, 1.807) is 24.3 Å². The van der Waals surface area contributed by atoms with Crippen LogP contribution < -0.4 is 11.1 Å². The molecule has 2 aromatic rings. The van der Waals surface area contributed by atoms with Gasteiger partial charge in [-0.05, 0) is 43.3 Å². The molecule has 0 aliphatic carbocycles. The molecule has 0 saturated heterocycles. The molecule has 19 heavy (non-hydrogen) atoms. The van der Waals surface area contributed by atoms with Gasteiger partial charge in [0.15, 0.2) is 5.78 Å². The van der Waals surface area contributed by atoms with E-state index in [9.17, 15) is 4.79 Å². The second-order valence-electron chi connectivity index (χ2n) is 4.11. The molecule has 5 heteroatoms. The van der Waals surface area contributed by atoms with Crippen LogP contribution in [0.3, 0.4) is 0 Å². The SMILES string of the molecule is CC(=O)c1cc(Nc2cc(Br)ccc2Cl)ccc1N. The Morgan fingerprint density at radius 2 is 2.00 bits per heavy atom. The quantitative estimate of drug-likeness (QED) is 0.633. The Bertz CT molecular complexity index is 643. The standard InChI is InChI=1S/C14H12BrClN2O/c1-8(19)11-7-10(3-5-13(11)17)18-14-6-9(15)2-4-12(14)16/h2-7,18H,17H2,1H3. The summed E-state index contributed by atoms with van der Waals surface area (Å²) in [7, 11) is 0. The van der Waals surface area contributed by atoms with Crippen molar-refractivity contribution in [2.75, 3.05) is 11.1 Å². The van der Waals surface area contributed by atoms with Crippen LogP contribution in [0.4, 0.5) is 17.1 Å². The van der Waals surface area contributed by atoms with E-state index in [0.717, 1.165) is 15.8 Å². The van der Waals surface area contributed by atoms with Gasteiger partial charge in [-0.3, -0.25) is 4.79 Å². The average Bonchev–Trinajstić information content (AvgIpc) is 2.36. The van der Waals surface area contributed by atoms with E-state index in [-0.39, 0.29) is 5.78 Å². The van der Waals surface area contributed by atoms with Crippen LogP contribution in [-0.2, 0) is 0 Å². The molecule has 0 bridgehead atoms. The van der Waals surface area contributed by atoms with E-state index in [1.807, 2.05) is 12.1 Å². The number of Topliss-reactive ketones (excluding diaryl/α,β-unsaturated/α-hetero) is 1. The Kier molecular flexibility index (Phi) is 4.12. The smallest absolute Gasteiger partial charge is 0.161 e. The highest BCUT2D eigenvalue weighted by atomic mass is 79.9. The number of carbonyl (C=O) groups excluding carboxylic acids is 1. The molecule has 0 unspecified atom stereocenters. The predicted octanol–water partition coefficient (Wildman–Crippen LogP) is 4.63. The topological polar surface area (TPSA) is 55.1 Å². The van der Waals surface area contributed by atoms with Gasteiger partial charge in [-0.1, -0.05) is 27.5 Å². The summed E-state index contributed by atoms with van der Waals surface area (Å²) in [5, 5.41) is 3.77. The van der Waals surface area contributed by atoms with Crippen LogP contribution in [0.25, 0.3) is 0 Å². The van der Waals surface area contributed by atoms with Crippen LogP contribution in [0.1, 0.15) is 17.3 Å². The van der Waals surface area contributed by atoms with Crippen molar-refractivity contribution < 1.29 is 4.79 Å². The number of nitrogens with two attached hydrogens (primary N) is 1. The van der Waals surface area contributed by atoms with Crippen molar-refractivity contribution >= 4 is 50.4 Å². The van der Waals surface area contributed by atoms with Crippen molar-refractivity contribution in [3.8, 4) is 0 Å². The Hall–Kier alpha value is -1.52. The molecule has 0 aliphatic heterocycles. The number of hydrogen-bond acceptors (Lipinski definition) is 3. The van der Waals surface area contributed by atoms with E-state index >= 15 is 0 Å². The van der Waals surface area contributed by atoms with Crippen LogP contribution in [0.2, 0.25) is 5.02 Å². The van der Waals surface area contributed by atoms with Crippen LogP contribution in [-0.4, -0.2) is 5.78 Å². The number of anilines is 3. The molecule has 0 aromatic heterocycles. The lowest BCUT2D eigenvalue weighted by Crippen LogP contribution is -2.01. The Morgan fingerprint density at radius 1 is 1.26 bits per heavy atom. The third-order valence-electron chi connectivity index (χ3n) is 2.64. The molecule has 0 spiro atoms. The summed E-state index contributed by atoms with van der Waals surface area (Å²) in [6.07, 6.45) is 0. The molecule has 0 radical (unpaired) electrons. The Labute approximate surface area is 124 Å². The molecule has 0 aliphatic rings. The zero-order valence-corrected chi connectivity index (χ0v) is 12.5. The summed E-state index contributed by atoms with van der Waals surface area (Å²) in [6.45, 7) is 1.49. The van der Waals surface area contributed by atoms with Crippen molar-refractivity contribution in [3.63, 3.8) is 0 Å². The minimum Gasteiger partial charge on any atom is -0.398 e. The fourth-order valence-corrected chi connectivity index (χ4v) is 2.21. The number of halogens is 2.